The van der Waals surface area contributed by atoms with Gasteiger partial charge in [-0.05, 0) is 60.5 Å². The Balaban J connectivity index is 1.41. The van der Waals surface area contributed by atoms with Crippen LogP contribution in [-0.4, -0.2) is 10.9 Å². The summed E-state index contributed by atoms with van der Waals surface area (Å²) >= 11 is 0. The molecule has 4 aromatic rings. The molecule has 154 valence electrons. The number of benzene rings is 3. The zero-order chi connectivity index (χ0) is 21.6. The molecule has 5 nitrogen and oxygen atoms in total. The monoisotopic (exact) mass is 408 g/mol. The summed E-state index contributed by atoms with van der Waals surface area (Å²) in [6.07, 6.45) is 3.27. The van der Waals surface area contributed by atoms with Crippen molar-refractivity contribution in [3.05, 3.63) is 102 Å². The molecule has 1 aromatic heterocycles. The minimum atomic E-state index is -0.230. The molecule has 3 aromatic carbocycles. The van der Waals surface area contributed by atoms with Crippen molar-refractivity contribution in [3.8, 4) is 0 Å². The fraction of sp³-hybridized carbons (Fsp3) is 0.0769. The number of nitrogen functional groups attached to an aromatic ring is 1. The van der Waals surface area contributed by atoms with Crippen molar-refractivity contribution in [2.45, 2.75) is 13.5 Å². The Kier molecular flexibility index (Phi) is 5.94. The van der Waals surface area contributed by atoms with Crippen LogP contribution in [0.5, 0.6) is 0 Å². The van der Waals surface area contributed by atoms with Crippen LogP contribution < -0.4 is 16.4 Å². The predicted molar refractivity (Wildman–Crippen MR) is 129 cm³/mol. The first-order valence-electron chi connectivity index (χ1n) is 10.1. The van der Waals surface area contributed by atoms with Gasteiger partial charge in [0.1, 0.15) is 5.82 Å². The number of amides is 1. The Morgan fingerprint density at radius 1 is 1.00 bits per heavy atom. The standard InChI is InChI=1S/C26H24N4O/c1-18-6-8-20(9-7-18)17-28-25-14-12-21-16-19(10-13-23(21)29-25)11-15-26(31)30-24-5-3-2-4-22(24)27/h2-16H,17,27H2,1H3,(H,28,29)(H,30,31)/b15-11+. The SMILES string of the molecule is Cc1ccc(CNc2ccc3cc(/C=C/C(=O)Nc4ccccc4N)ccc3n2)cc1. The maximum atomic E-state index is 12.2. The molecule has 0 radical (unpaired) electrons. The van der Waals surface area contributed by atoms with Gasteiger partial charge in [-0.3, -0.25) is 4.79 Å². The molecular weight excluding hydrogens is 384 g/mol. The first-order valence-corrected chi connectivity index (χ1v) is 10.1. The van der Waals surface area contributed by atoms with E-state index in [0.29, 0.717) is 11.4 Å². The van der Waals surface area contributed by atoms with Crippen molar-refractivity contribution < 1.29 is 4.79 Å². The van der Waals surface area contributed by atoms with Gasteiger partial charge in [-0.25, -0.2) is 4.98 Å². The van der Waals surface area contributed by atoms with Crippen molar-refractivity contribution in [3.63, 3.8) is 0 Å². The van der Waals surface area contributed by atoms with Crippen LogP contribution in [0.25, 0.3) is 17.0 Å². The second-order valence-corrected chi connectivity index (χ2v) is 7.40. The average molecular weight is 409 g/mol. The minimum Gasteiger partial charge on any atom is -0.397 e. The highest BCUT2D eigenvalue weighted by Crippen LogP contribution is 2.19. The maximum Gasteiger partial charge on any atom is 0.248 e. The van der Waals surface area contributed by atoms with Gasteiger partial charge in [0.15, 0.2) is 0 Å². The van der Waals surface area contributed by atoms with Gasteiger partial charge in [0.05, 0.1) is 16.9 Å². The number of pyridine rings is 1. The van der Waals surface area contributed by atoms with Gasteiger partial charge in [-0.15, -0.1) is 0 Å². The molecule has 0 bridgehead atoms. The minimum absolute atomic E-state index is 0.230. The lowest BCUT2D eigenvalue weighted by molar-refractivity contribution is -0.111. The van der Waals surface area contributed by atoms with Crippen molar-refractivity contribution >= 4 is 40.1 Å². The number of carbonyl (C=O) groups is 1. The Morgan fingerprint density at radius 2 is 1.81 bits per heavy atom. The summed E-state index contributed by atoms with van der Waals surface area (Å²) in [5.41, 5.74) is 11.3. The van der Waals surface area contributed by atoms with E-state index in [0.717, 1.165) is 28.8 Å². The number of carbonyl (C=O) groups excluding carboxylic acids is 1. The number of para-hydroxylation sites is 2. The normalized spacial score (nSPS) is 11.0. The fourth-order valence-corrected chi connectivity index (χ4v) is 3.20. The van der Waals surface area contributed by atoms with Crippen molar-refractivity contribution in [2.75, 3.05) is 16.4 Å². The summed E-state index contributed by atoms with van der Waals surface area (Å²) in [7, 11) is 0. The molecule has 0 spiro atoms. The van der Waals surface area contributed by atoms with Gasteiger partial charge < -0.3 is 16.4 Å². The van der Waals surface area contributed by atoms with Crippen LogP contribution in [-0.2, 0) is 11.3 Å². The van der Waals surface area contributed by atoms with Crippen LogP contribution in [0, 0.1) is 6.92 Å². The van der Waals surface area contributed by atoms with Gasteiger partial charge >= 0.3 is 0 Å². The van der Waals surface area contributed by atoms with E-state index in [-0.39, 0.29) is 5.91 Å². The predicted octanol–water partition coefficient (Wildman–Crippen LogP) is 5.39. The summed E-state index contributed by atoms with van der Waals surface area (Å²) in [6, 6.07) is 25.5. The number of rotatable bonds is 6. The molecule has 0 saturated carbocycles. The lowest BCUT2D eigenvalue weighted by atomic mass is 10.1. The zero-order valence-corrected chi connectivity index (χ0v) is 17.3. The highest BCUT2D eigenvalue weighted by atomic mass is 16.1. The second-order valence-electron chi connectivity index (χ2n) is 7.40. The van der Waals surface area contributed by atoms with Gasteiger partial charge in [-0.2, -0.15) is 0 Å². The van der Waals surface area contributed by atoms with E-state index in [1.165, 1.54) is 17.2 Å². The van der Waals surface area contributed by atoms with Gasteiger partial charge in [0, 0.05) is 18.0 Å². The third-order valence-electron chi connectivity index (χ3n) is 4.95. The number of hydrogen-bond acceptors (Lipinski definition) is 4. The Labute approximate surface area is 181 Å². The molecule has 0 aliphatic carbocycles. The summed E-state index contributed by atoms with van der Waals surface area (Å²) < 4.78 is 0. The van der Waals surface area contributed by atoms with Gasteiger partial charge in [0.2, 0.25) is 5.91 Å². The molecule has 4 N–H and O–H groups in total. The number of hydrogen-bond donors (Lipinski definition) is 3. The number of anilines is 3. The number of nitrogens with zero attached hydrogens (tertiary/aromatic N) is 1. The molecule has 1 amide bonds. The van der Waals surface area contributed by atoms with E-state index in [1.807, 2.05) is 42.5 Å². The van der Waals surface area contributed by atoms with Crippen LogP contribution in [0.4, 0.5) is 17.2 Å². The van der Waals surface area contributed by atoms with E-state index < -0.39 is 0 Å². The zero-order valence-electron chi connectivity index (χ0n) is 17.3. The Hall–Kier alpha value is -4.12. The van der Waals surface area contributed by atoms with E-state index in [4.69, 9.17) is 5.73 Å². The van der Waals surface area contributed by atoms with E-state index >= 15 is 0 Å². The average Bonchev–Trinajstić information content (AvgIpc) is 2.78. The molecule has 0 saturated heterocycles. The van der Waals surface area contributed by atoms with E-state index in [2.05, 4.69) is 46.8 Å². The molecule has 4 rings (SSSR count). The topological polar surface area (TPSA) is 80.0 Å². The maximum absolute atomic E-state index is 12.2. The van der Waals surface area contributed by atoms with Crippen molar-refractivity contribution in [1.29, 1.82) is 0 Å². The second kappa shape index (κ2) is 9.13. The highest BCUT2D eigenvalue weighted by molar-refractivity contribution is 6.03. The summed E-state index contributed by atoms with van der Waals surface area (Å²) in [5, 5.41) is 7.16. The fourth-order valence-electron chi connectivity index (χ4n) is 3.20. The molecule has 1 heterocycles. The summed E-state index contributed by atoms with van der Waals surface area (Å²) in [6.45, 7) is 2.80. The van der Waals surface area contributed by atoms with Crippen molar-refractivity contribution in [2.24, 2.45) is 0 Å². The lowest BCUT2D eigenvalue weighted by Gasteiger charge is -2.08. The smallest absolute Gasteiger partial charge is 0.248 e. The molecule has 5 heteroatoms. The number of nitrogens with two attached hydrogens (primary N) is 1. The van der Waals surface area contributed by atoms with E-state index in [9.17, 15) is 4.79 Å². The van der Waals surface area contributed by atoms with Gasteiger partial charge in [-0.1, -0.05) is 48.0 Å². The van der Waals surface area contributed by atoms with Crippen LogP contribution in [0.2, 0.25) is 0 Å². The van der Waals surface area contributed by atoms with Crippen LogP contribution >= 0.6 is 0 Å². The largest absolute Gasteiger partial charge is 0.397 e. The molecule has 0 unspecified atom stereocenters. The quantitative estimate of drug-likeness (QED) is 0.295. The van der Waals surface area contributed by atoms with E-state index in [1.54, 1.807) is 18.2 Å². The third kappa shape index (κ3) is 5.28. The molecule has 0 fully saturated rings. The van der Waals surface area contributed by atoms with Crippen LogP contribution in [0.3, 0.4) is 0 Å². The van der Waals surface area contributed by atoms with Crippen LogP contribution in [0.1, 0.15) is 16.7 Å². The van der Waals surface area contributed by atoms with Crippen LogP contribution in [0.15, 0.2) is 84.9 Å². The van der Waals surface area contributed by atoms with Crippen molar-refractivity contribution in [1.82, 2.24) is 4.98 Å². The number of nitrogens with one attached hydrogen (secondary N) is 2. The molecule has 0 aliphatic heterocycles. The lowest BCUT2D eigenvalue weighted by Crippen LogP contribution is -2.09. The third-order valence-corrected chi connectivity index (χ3v) is 4.95. The molecule has 0 aliphatic rings. The number of aryl methyl sites for hydroxylation is 1. The van der Waals surface area contributed by atoms with Gasteiger partial charge in [0.25, 0.3) is 0 Å². The summed E-state index contributed by atoms with van der Waals surface area (Å²) in [4.78, 5) is 16.9. The Morgan fingerprint density at radius 3 is 2.61 bits per heavy atom. The first kappa shape index (κ1) is 20.2. The highest BCUT2D eigenvalue weighted by Gasteiger charge is 2.03. The summed E-state index contributed by atoms with van der Waals surface area (Å²) in [5.74, 6) is 0.600. The first-order chi connectivity index (χ1) is 15.1. The number of aromatic nitrogens is 1. The number of fused-ring (bicyclic) bond motifs is 1. The molecule has 31 heavy (non-hydrogen) atoms. The molecule has 0 atom stereocenters. The Bertz CT molecular complexity index is 1250. The molecular formula is C26H24N4O.